The summed E-state index contributed by atoms with van der Waals surface area (Å²) in [6.07, 6.45) is 1.76. The van der Waals surface area contributed by atoms with Gasteiger partial charge in [-0.2, -0.15) is 0 Å². The molecule has 0 aromatic heterocycles. The van der Waals surface area contributed by atoms with Crippen LogP contribution < -0.4 is 4.74 Å². The van der Waals surface area contributed by atoms with Gasteiger partial charge in [-0.3, -0.25) is 14.5 Å². The number of amides is 2. The fourth-order valence-electron chi connectivity index (χ4n) is 4.28. The van der Waals surface area contributed by atoms with Crippen LogP contribution in [0.25, 0.3) is 5.57 Å². The molecule has 2 aromatic carbocycles. The number of rotatable bonds is 6. The number of benzene rings is 2. The topological polar surface area (TPSA) is 70.1 Å². The number of nitrogens with zero attached hydrogens (tertiary/aromatic N) is 2. The third-order valence-corrected chi connectivity index (χ3v) is 6.12. The van der Waals surface area contributed by atoms with Crippen molar-refractivity contribution < 1.29 is 19.4 Å². The summed E-state index contributed by atoms with van der Waals surface area (Å²) in [6, 6.07) is 14.4. The zero-order chi connectivity index (χ0) is 22.0. The van der Waals surface area contributed by atoms with Gasteiger partial charge in [-0.05, 0) is 42.5 Å². The van der Waals surface area contributed by atoms with Crippen molar-refractivity contribution in [1.29, 1.82) is 0 Å². The van der Waals surface area contributed by atoms with Crippen molar-refractivity contribution in [3.63, 3.8) is 0 Å². The molecule has 1 N–H and O–H groups in total. The SMILES string of the molecule is COc1ccccc1C1=C(N2CCCC(CO)C2)C(=O)N(Cc2ccc(Cl)cc2)C1=O. The lowest BCUT2D eigenvalue weighted by Crippen LogP contribution is -2.40. The van der Waals surface area contributed by atoms with Crippen molar-refractivity contribution in [3.8, 4) is 5.75 Å². The minimum absolute atomic E-state index is 0.0599. The van der Waals surface area contributed by atoms with Crippen LogP contribution in [-0.4, -0.2) is 53.5 Å². The van der Waals surface area contributed by atoms with Crippen LogP contribution in [0, 0.1) is 5.92 Å². The number of ether oxygens (including phenoxy) is 1. The number of hydrogen-bond donors (Lipinski definition) is 1. The van der Waals surface area contributed by atoms with Crippen molar-refractivity contribution in [1.82, 2.24) is 9.80 Å². The quantitative estimate of drug-likeness (QED) is 0.698. The number of carbonyl (C=O) groups excluding carboxylic acids is 2. The van der Waals surface area contributed by atoms with Crippen LogP contribution in [-0.2, 0) is 16.1 Å². The van der Waals surface area contributed by atoms with E-state index in [4.69, 9.17) is 16.3 Å². The summed E-state index contributed by atoms with van der Waals surface area (Å²) in [5, 5.41) is 10.3. The van der Waals surface area contributed by atoms with Crippen molar-refractivity contribution in [2.75, 3.05) is 26.8 Å². The van der Waals surface area contributed by atoms with Gasteiger partial charge in [0, 0.05) is 30.3 Å². The Morgan fingerprint density at radius 2 is 1.84 bits per heavy atom. The van der Waals surface area contributed by atoms with Gasteiger partial charge in [0.2, 0.25) is 0 Å². The van der Waals surface area contributed by atoms with Gasteiger partial charge in [0.25, 0.3) is 11.8 Å². The maximum atomic E-state index is 13.5. The molecule has 1 atom stereocenters. The molecule has 162 valence electrons. The third kappa shape index (κ3) is 4.18. The summed E-state index contributed by atoms with van der Waals surface area (Å²) < 4.78 is 5.50. The Hall–Kier alpha value is -2.83. The first-order valence-electron chi connectivity index (χ1n) is 10.4. The number of carbonyl (C=O) groups is 2. The number of piperidine rings is 1. The summed E-state index contributed by atoms with van der Waals surface area (Å²) in [5.41, 5.74) is 2.17. The predicted octanol–water partition coefficient (Wildman–Crippen LogP) is 3.33. The van der Waals surface area contributed by atoms with Gasteiger partial charge in [0.05, 0.1) is 19.2 Å². The molecule has 1 unspecified atom stereocenters. The lowest BCUT2D eigenvalue weighted by atomic mass is 9.96. The molecular formula is C24H25ClN2O4. The molecule has 1 fully saturated rings. The fraction of sp³-hybridized carbons (Fsp3) is 0.333. The highest BCUT2D eigenvalue weighted by Crippen LogP contribution is 2.38. The van der Waals surface area contributed by atoms with Crippen molar-refractivity contribution >= 4 is 29.0 Å². The molecule has 2 amide bonds. The van der Waals surface area contributed by atoms with Crippen LogP contribution in [0.5, 0.6) is 5.75 Å². The van der Waals surface area contributed by atoms with E-state index in [1.54, 1.807) is 31.4 Å². The Labute approximate surface area is 186 Å². The molecule has 31 heavy (non-hydrogen) atoms. The summed E-state index contributed by atoms with van der Waals surface area (Å²) >= 11 is 5.98. The minimum Gasteiger partial charge on any atom is -0.496 e. The second-order valence-electron chi connectivity index (χ2n) is 7.88. The van der Waals surface area contributed by atoms with Crippen LogP contribution >= 0.6 is 11.6 Å². The molecule has 0 aliphatic carbocycles. The molecule has 4 rings (SSSR count). The van der Waals surface area contributed by atoms with Crippen LogP contribution in [0.1, 0.15) is 24.0 Å². The Morgan fingerprint density at radius 1 is 1.10 bits per heavy atom. The molecule has 0 saturated carbocycles. The Bertz CT molecular complexity index is 1020. The lowest BCUT2D eigenvalue weighted by Gasteiger charge is -2.34. The van der Waals surface area contributed by atoms with Crippen molar-refractivity contribution in [3.05, 3.63) is 70.4 Å². The molecule has 2 aliphatic heterocycles. The molecule has 1 saturated heterocycles. The zero-order valence-electron chi connectivity index (χ0n) is 17.4. The molecule has 6 nitrogen and oxygen atoms in total. The standard InChI is InChI=1S/C24H25ClN2O4/c1-31-20-7-3-2-6-19(20)21-22(26-12-4-5-17(13-26)15-28)24(30)27(23(21)29)14-16-8-10-18(25)11-9-16/h2-3,6-11,17,28H,4-5,12-15H2,1H3. The maximum absolute atomic E-state index is 13.5. The van der Waals surface area contributed by atoms with Gasteiger partial charge in [-0.1, -0.05) is 41.9 Å². The van der Waals surface area contributed by atoms with E-state index in [1.807, 2.05) is 29.2 Å². The first-order chi connectivity index (χ1) is 15.0. The summed E-state index contributed by atoms with van der Waals surface area (Å²) in [4.78, 5) is 30.3. The van der Waals surface area contributed by atoms with Gasteiger partial charge in [0.15, 0.2) is 0 Å². The lowest BCUT2D eigenvalue weighted by molar-refractivity contribution is -0.138. The van der Waals surface area contributed by atoms with E-state index in [2.05, 4.69) is 0 Å². The van der Waals surface area contributed by atoms with E-state index in [0.29, 0.717) is 40.7 Å². The first-order valence-corrected chi connectivity index (χ1v) is 10.8. The number of hydrogen-bond acceptors (Lipinski definition) is 5. The van der Waals surface area contributed by atoms with Crippen molar-refractivity contribution in [2.24, 2.45) is 5.92 Å². The van der Waals surface area contributed by atoms with Crippen LogP contribution in [0.4, 0.5) is 0 Å². The van der Waals surface area contributed by atoms with Gasteiger partial charge in [0.1, 0.15) is 11.4 Å². The number of halogens is 1. The molecule has 0 spiro atoms. The number of methoxy groups -OCH3 is 1. The number of aliphatic hydroxyl groups is 1. The summed E-state index contributed by atoms with van der Waals surface area (Å²) in [6.45, 7) is 1.43. The molecule has 7 heteroatoms. The van der Waals surface area contributed by atoms with Crippen LogP contribution in [0.3, 0.4) is 0 Å². The summed E-state index contributed by atoms with van der Waals surface area (Å²) in [5.74, 6) is -0.0429. The number of para-hydroxylation sites is 1. The highest BCUT2D eigenvalue weighted by Gasteiger charge is 2.43. The number of likely N-dealkylation sites (tertiary alicyclic amines) is 1. The van der Waals surface area contributed by atoms with Gasteiger partial charge < -0.3 is 14.7 Å². The Kier molecular flexibility index (Phi) is 6.30. The van der Waals surface area contributed by atoms with Crippen LogP contribution in [0.15, 0.2) is 54.2 Å². The number of aliphatic hydroxyl groups excluding tert-OH is 1. The maximum Gasteiger partial charge on any atom is 0.278 e. The van der Waals surface area contributed by atoms with Gasteiger partial charge in [-0.25, -0.2) is 0 Å². The van der Waals surface area contributed by atoms with Crippen LogP contribution in [0.2, 0.25) is 5.02 Å². The smallest absolute Gasteiger partial charge is 0.278 e. The molecule has 0 radical (unpaired) electrons. The Morgan fingerprint density at radius 3 is 2.55 bits per heavy atom. The second kappa shape index (κ2) is 9.12. The van der Waals surface area contributed by atoms with Gasteiger partial charge >= 0.3 is 0 Å². The normalized spacial score (nSPS) is 19.4. The van der Waals surface area contributed by atoms with Crippen molar-refractivity contribution in [2.45, 2.75) is 19.4 Å². The van der Waals surface area contributed by atoms with E-state index in [-0.39, 0.29) is 30.9 Å². The highest BCUT2D eigenvalue weighted by atomic mass is 35.5. The monoisotopic (exact) mass is 440 g/mol. The molecular weight excluding hydrogens is 416 g/mol. The van der Waals surface area contributed by atoms with E-state index in [9.17, 15) is 14.7 Å². The fourth-order valence-corrected chi connectivity index (χ4v) is 4.41. The molecule has 2 aromatic rings. The van der Waals surface area contributed by atoms with E-state index in [1.165, 1.54) is 4.90 Å². The summed E-state index contributed by atoms with van der Waals surface area (Å²) in [7, 11) is 1.55. The average Bonchev–Trinajstić information content (AvgIpc) is 3.05. The molecule has 0 bridgehead atoms. The second-order valence-corrected chi connectivity index (χ2v) is 8.32. The highest BCUT2D eigenvalue weighted by molar-refractivity contribution is 6.36. The van der Waals surface area contributed by atoms with E-state index >= 15 is 0 Å². The zero-order valence-corrected chi connectivity index (χ0v) is 18.1. The van der Waals surface area contributed by atoms with Gasteiger partial charge in [-0.15, -0.1) is 0 Å². The Balaban J connectivity index is 1.76. The largest absolute Gasteiger partial charge is 0.496 e. The van der Waals surface area contributed by atoms with E-state index in [0.717, 1.165) is 18.4 Å². The average molecular weight is 441 g/mol. The third-order valence-electron chi connectivity index (χ3n) is 5.87. The molecule has 2 heterocycles. The molecule has 2 aliphatic rings. The number of imide groups is 1. The minimum atomic E-state index is -0.342. The first kappa shape index (κ1) is 21.4. The predicted molar refractivity (Wildman–Crippen MR) is 118 cm³/mol. The van der Waals surface area contributed by atoms with E-state index < -0.39 is 0 Å².